The van der Waals surface area contributed by atoms with E-state index in [-0.39, 0.29) is 0 Å². The first-order valence-electron chi connectivity index (χ1n) is 5.79. The average Bonchev–Trinajstić information content (AvgIpc) is 2.72. The van der Waals surface area contributed by atoms with Gasteiger partial charge in [0.15, 0.2) is 11.0 Å². The molecular formula is C15H15N2+. The molecule has 0 bridgehead atoms. The predicted molar refractivity (Wildman–Crippen MR) is 69.6 cm³/mol. The van der Waals surface area contributed by atoms with Crippen molar-refractivity contribution in [1.29, 1.82) is 0 Å². The number of nitrogens with one attached hydrogen (secondary N) is 1. The molecular weight excluding hydrogens is 208 g/mol. The minimum Gasteiger partial charge on any atom is -0.243 e. The summed E-state index contributed by atoms with van der Waals surface area (Å²) < 4.78 is 2.14. The molecule has 1 heterocycles. The zero-order valence-corrected chi connectivity index (χ0v) is 10.1. The van der Waals surface area contributed by atoms with Gasteiger partial charge in [-0.05, 0) is 30.2 Å². The number of imidazole rings is 1. The monoisotopic (exact) mass is 223 g/mol. The largest absolute Gasteiger partial charge is 0.243 e. The molecule has 0 aliphatic carbocycles. The summed E-state index contributed by atoms with van der Waals surface area (Å²) in [7, 11) is 2.07. The number of rotatable bonds is 1. The Balaban J connectivity index is 2.38. The Hall–Kier alpha value is -2.09. The minimum absolute atomic E-state index is 1.17. The number of aryl methyl sites for hydroxylation is 2. The molecule has 0 saturated carbocycles. The van der Waals surface area contributed by atoms with Crippen LogP contribution in [-0.2, 0) is 7.05 Å². The molecule has 2 nitrogen and oxygen atoms in total. The summed E-state index contributed by atoms with van der Waals surface area (Å²) in [4.78, 5) is 3.28. The second-order valence-corrected chi connectivity index (χ2v) is 4.40. The van der Waals surface area contributed by atoms with Crippen molar-refractivity contribution in [1.82, 2.24) is 4.98 Å². The zero-order valence-electron chi connectivity index (χ0n) is 10.1. The Morgan fingerprint density at radius 1 is 0.941 bits per heavy atom. The Labute approximate surface area is 101 Å². The molecule has 3 rings (SSSR count). The highest BCUT2D eigenvalue weighted by Gasteiger charge is 2.13. The molecule has 0 aliphatic heterocycles. The molecule has 0 aliphatic rings. The van der Waals surface area contributed by atoms with E-state index in [1.54, 1.807) is 0 Å². The molecule has 17 heavy (non-hydrogen) atoms. The number of nitrogens with zero attached hydrogens (tertiary/aromatic N) is 1. The van der Waals surface area contributed by atoms with Crippen molar-refractivity contribution in [2.24, 2.45) is 7.05 Å². The van der Waals surface area contributed by atoms with Gasteiger partial charge in [0.1, 0.15) is 0 Å². The molecule has 0 saturated heterocycles. The topological polar surface area (TPSA) is 19.7 Å². The first kappa shape index (κ1) is 10.1. The van der Waals surface area contributed by atoms with Gasteiger partial charge in [-0.25, -0.2) is 9.55 Å². The van der Waals surface area contributed by atoms with Gasteiger partial charge in [0.25, 0.3) is 0 Å². The van der Waals surface area contributed by atoms with E-state index in [2.05, 4.69) is 66.0 Å². The van der Waals surface area contributed by atoms with Crippen LogP contribution in [0.5, 0.6) is 0 Å². The van der Waals surface area contributed by atoms with Crippen molar-refractivity contribution in [3.8, 4) is 11.1 Å². The van der Waals surface area contributed by atoms with Crippen LogP contribution in [0.15, 0.2) is 48.8 Å². The van der Waals surface area contributed by atoms with Crippen molar-refractivity contribution in [2.75, 3.05) is 0 Å². The zero-order chi connectivity index (χ0) is 11.8. The van der Waals surface area contributed by atoms with Crippen molar-refractivity contribution < 1.29 is 4.57 Å². The van der Waals surface area contributed by atoms with Crippen LogP contribution in [0.2, 0.25) is 0 Å². The molecule has 84 valence electrons. The number of benzene rings is 2. The summed E-state index contributed by atoms with van der Waals surface area (Å²) in [5.74, 6) is 0. The summed E-state index contributed by atoms with van der Waals surface area (Å²) in [5, 5.41) is 0. The van der Waals surface area contributed by atoms with Gasteiger partial charge in [-0.1, -0.05) is 30.3 Å². The first-order chi connectivity index (χ1) is 8.27. The number of aromatic nitrogens is 2. The number of hydrogen-bond acceptors (Lipinski definition) is 0. The molecule has 0 spiro atoms. The maximum Gasteiger partial charge on any atom is 0.242 e. The highest BCUT2D eigenvalue weighted by molar-refractivity contribution is 5.90. The van der Waals surface area contributed by atoms with E-state index in [1.165, 1.54) is 27.7 Å². The Morgan fingerprint density at radius 2 is 1.71 bits per heavy atom. The van der Waals surface area contributed by atoms with Crippen molar-refractivity contribution >= 4 is 11.0 Å². The molecule has 2 heteroatoms. The Morgan fingerprint density at radius 3 is 2.53 bits per heavy atom. The third-order valence-corrected chi connectivity index (χ3v) is 3.24. The third-order valence-electron chi connectivity index (χ3n) is 3.24. The van der Waals surface area contributed by atoms with E-state index in [9.17, 15) is 0 Å². The van der Waals surface area contributed by atoms with Gasteiger partial charge >= 0.3 is 0 Å². The molecule has 0 fully saturated rings. The number of hydrogen-bond donors (Lipinski definition) is 1. The lowest BCUT2D eigenvalue weighted by molar-refractivity contribution is -0.644. The van der Waals surface area contributed by atoms with Gasteiger partial charge in [0.2, 0.25) is 6.33 Å². The molecule has 2 aromatic carbocycles. The lowest BCUT2D eigenvalue weighted by atomic mass is 9.99. The standard InChI is InChI=1S/C15H14N2/c1-11-6-3-4-7-12(11)13-8-5-9-14-15(13)17(2)10-16-14/h3-10H,1-2H3/p+1. The van der Waals surface area contributed by atoms with Gasteiger partial charge in [-0.15, -0.1) is 0 Å². The lowest BCUT2D eigenvalue weighted by Gasteiger charge is -2.05. The van der Waals surface area contributed by atoms with Gasteiger partial charge in [0.05, 0.1) is 7.05 Å². The second-order valence-electron chi connectivity index (χ2n) is 4.40. The van der Waals surface area contributed by atoms with Crippen LogP contribution in [0.4, 0.5) is 0 Å². The summed E-state index contributed by atoms with van der Waals surface area (Å²) in [6.45, 7) is 2.15. The quantitative estimate of drug-likeness (QED) is 0.612. The highest BCUT2D eigenvalue weighted by Crippen LogP contribution is 2.27. The Kier molecular flexibility index (Phi) is 2.22. The summed E-state index contributed by atoms with van der Waals surface area (Å²) in [6, 6.07) is 14.9. The molecule has 1 N–H and O–H groups in total. The molecule has 0 unspecified atom stereocenters. The number of H-pyrrole nitrogens is 1. The van der Waals surface area contributed by atoms with Gasteiger partial charge in [-0.2, -0.15) is 0 Å². The molecule has 0 radical (unpaired) electrons. The Bertz CT molecular complexity index is 680. The van der Waals surface area contributed by atoms with Crippen molar-refractivity contribution in [2.45, 2.75) is 6.92 Å². The van der Waals surface area contributed by atoms with E-state index >= 15 is 0 Å². The highest BCUT2D eigenvalue weighted by atomic mass is 15.0. The van der Waals surface area contributed by atoms with E-state index in [0.29, 0.717) is 0 Å². The van der Waals surface area contributed by atoms with Crippen LogP contribution in [0.1, 0.15) is 5.56 Å². The van der Waals surface area contributed by atoms with Crippen LogP contribution in [-0.4, -0.2) is 4.98 Å². The second kappa shape index (κ2) is 3.74. The van der Waals surface area contributed by atoms with Crippen molar-refractivity contribution in [3.05, 3.63) is 54.4 Å². The maximum absolute atomic E-state index is 3.28. The van der Waals surface area contributed by atoms with E-state index in [1.807, 2.05) is 6.33 Å². The fourth-order valence-electron chi connectivity index (χ4n) is 2.36. The molecule has 3 aromatic rings. The SMILES string of the molecule is Cc1ccccc1-c1cccc2[nH]c[n+](C)c12. The van der Waals surface area contributed by atoms with E-state index in [0.717, 1.165) is 0 Å². The summed E-state index contributed by atoms with van der Waals surface area (Å²) >= 11 is 0. The van der Waals surface area contributed by atoms with Crippen LogP contribution in [0, 0.1) is 6.92 Å². The van der Waals surface area contributed by atoms with Gasteiger partial charge in [-0.3, -0.25) is 0 Å². The number of fused-ring (bicyclic) bond motifs is 1. The lowest BCUT2D eigenvalue weighted by Crippen LogP contribution is -2.25. The summed E-state index contributed by atoms with van der Waals surface area (Å²) in [6.07, 6.45) is 1.99. The van der Waals surface area contributed by atoms with Crippen molar-refractivity contribution in [3.63, 3.8) is 0 Å². The fourth-order valence-corrected chi connectivity index (χ4v) is 2.36. The molecule has 0 amide bonds. The molecule has 1 aromatic heterocycles. The van der Waals surface area contributed by atoms with Crippen LogP contribution in [0.25, 0.3) is 22.2 Å². The number of aromatic amines is 1. The maximum atomic E-state index is 3.28. The van der Waals surface area contributed by atoms with Gasteiger partial charge < -0.3 is 0 Å². The van der Waals surface area contributed by atoms with Gasteiger partial charge in [0, 0.05) is 5.56 Å². The van der Waals surface area contributed by atoms with E-state index in [4.69, 9.17) is 0 Å². The predicted octanol–water partition coefficient (Wildman–Crippen LogP) is 2.97. The summed E-state index contributed by atoms with van der Waals surface area (Å²) in [5.41, 5.74) is 6.31. The normalized spacial score (nSPS) is 10.9. The first-order valence-corrected chi connectivity index (χ1v) is 5.79. The third kappa shape index (κ3) is 1.53. The van der Waals surface area contributed by atoms with Crippen LogP contribution >= 0.6 is 0 Å². The van der Waals surface area contributed by atoms with E-state index < -0.39 is 0 Å². The smallest absolute Gasteiger partial charge is 0.242 e. The molecule has 0 atom stereocenters. The number of para-hydroxylation sites is 1. The average molecular weight is 223 g/mol. The minimum atomic E-state index is 1.17. The van der Waals surface area contributed by atoms with Crippen LogP contribution in [0.3, 0.4) is 0 Å². The fraction of sp³-hybridized carbons (Fsp3) is 0.133. The van der Waals surface area contributed by atoms with Crippen LogP contribution < -0.4 is 4.57 Å².